The molecular formula is C19H19Cl2FN2O3S. The Bertz CT molecular complexity index is 960. The van der Waals surface area contributed by atoms with E-state index in [1.807, 2.05) is 0 Å². The Morgan fingerprint density at radius 1 is 1.07 bits per heavy atom. The molecule has 0 aliphatic carbocycles. The van der Waals surface area contributed by atoms with Gasteiger partial charge in [-0.25, -0.2) is 17.1 Å². The molecule has 0 atom stereocenters. The van der Waals surface area contributed by atoms with Crippen molar-refractivity contribution in [3.05, 3.63) is 63.9 Å². The van der Waals surface area contributed by atoms with Crippen molar-refractivity contribution in [3.63, 3.8) is 0 Å². The first-order valence-corrected chi connectivity index (χ1v) is 11.1. The first kappa shape index (κ1) is 21.0. The highest BCUT2D eigenvalue weighted by molar-refractivity contribution is 7.88. The summed E-state index contributed by atoms with van der Waals surface area (Å²) in [4.78, 5) is 12.5. The molecule has 0 unspecified atom stereocenters. The number of amides is 1. The van der Waals surface area contributed by atoms with Crippen molar-refractivity contribution in [2.75, 3.05) is 18.4 Å². The lowest BCUT2D eigenvalue weighted by Gasteiger charge is -2.30. The fraction of sp³-hybridized carbons (Fsp3) is 0.316. The van der Waals surface area contributed by atoms with Crippen LogP contribution in [0.1, 0.15) is 18.4 Å². The van der Waals surface area contributed by atoms with Gasteiger partial charge in [0.1, 0.15) is 5.82 Å². The number of sulfonamides is 1. The van der Waals surface area contributed by atoms with E-state index in [1.54, 1.807) is 18.2 Å². The number of nitrogens with zero attached hydrogens (tertiary/aromatic N) is 1. The highest BCUT2D eigenvalue weighted by atomic mass is 35.5. The van der Waals surface area contributed by atoms with Gasteiger partial charge in [0, 0.05) is 24.7 Å². The summed E-state index contributed by atoms with van der Waals surface area (Å²) >= 11 is 11.8. The number of halogens is 3. The van der Waals surface area contributed by atoms with Crippen LogP contribution in [0.25, 0.3) is 0 Å². The molecule has 0 radical (unpaired) electrons. The minimum Gasteiger partial charge on any atom is -0.326 e. The predicted molar refractivity (Wildman–Crippen MR) is 108 cm³/mol. The van der Waals surface area contributed by atoms with Crippen molar-refractivity contribution in [3.8, 4) is 0 Å². The van der Waals surface area contributed by atoms with E-state index >= 15 is 0 Å². The standard InChI is InChI=1S/C19H19Cl2FN2O3S/c20-17-6-5-16(11-18(17)21)23-19(25)14-7-9-24(10-8-14)28(26,27)12-13-1-3-15(22)4-2-13/h1-6,11,14H,7-10,12H2,(H,23,25). The second-order valence-corrected chi connectivity index (χ2v) is 9.46. The molecule has 0 aromatic heterocycles. The van der Waals surface area contributed by atoms with Gasteiger partial charge in [0.25, 0.3) is 0 Å². The van der Waals surface area contributed by atoms with E-state index in [-0.39, 0.29) is 30.7 Å². The van der Waals surface area contributed by atoms with E-state index in [9.17, 15) is 17.6 Å². The molecule has 0 bridgehead atoms. The summed E-state index contributed by atoms with van der Waals surface area (Å²) in [6.45, 7) is 0.534. The van der Waals surface area contributed by atoms with Gasteiger partial charge in [-0.15, -0.1) is 0 Å². The zero-order chi connectivity index (χ0) is 20.3. The second kappa shape index (κ2) is 8.78. The summed E-state index contributed by atoms with van der Waals surface area (Å²) in [5.74, 6) is -1.05. The fourth-order valence-corrected chi connectivity index (χ4v) is 4.96. The highest BCUT2D eigenvalue weighted by Crippen LogP contribution is 2.27. The number of rotatable bonds is 5. The Morgan fingerprint density at radius 3 is 2.32 bits per heavy atom. The van der Waals surface area contributed by atoms with Crippen LogP contribution in [0.4, 0.5) is 10.1 Å². The largest absolute Gasteiger partial charge is 0.326 e. The normalized spacial score (nSPS) is 16.1. The number of benzene rings is 2. The molecule has 5 nitrogen and oxygen atoms in total. The zero-order valence-corrected chi connectivity index (χ0v) is 17.2. The SMILES string of the molecule is O=C(Nc1ccc(Cl)c(Cl)c1)C1CCN(S(=O)(=O)Cc2ccc(F)cc2)CC1. The Kier molecular flexibility index (Phi) is 6.60. The van der Waals surface area contributed by atoms with E-state index in [0.29, 0.717) is 34.1 Å². The van der Waals surface area contributed by atoms with Crippen LogP contribution in [0.3, 0.4) is 0 Å². The maximum Gasteiger partial charge on any atom is 0.227 e. The smallest absolute Gasteiger partial charge is 0.227 e. The van der Waals surface area contributed by atoms with Gasteiger partial charge in [-0.1, -0.05) is 35.3 Å². The number of carbonyl (C=O) groups excluding carboxylic acids is 1. The van der Waals surface area contributed by atoms with Crippen molar-refractivity contribution in [2.45, 2.75) is 18.6 Å². The van der Waals surface area contributed by atoms with Crippen LogP contribution in [-0.4, -0.2) is 31.7 Å². The topological polar surface area (TPSA) is 66.5 Å². The summed E-state index contributed by atoms with van der Waals surface area (Å²) in [7, 11) is -3.52. The molecule has 3 rings (SSSR count). The fourth-order valence-electron chi connectivity index (χ4n) is 3.10. The van der Waals surface area contributed by atoms with E-state index in [4.69, 9.17) is 23.2 Å². The molecule has 0 saturated carbocycles. The van der Waals surface area contributed by atoms with Crippen molar-refractivity contribution in [2.24, 2.45) is 5.92 Å². The molecule has 150 valence electrons. The summed E-state index contributed by atoms with van der Waals surface area (Å²) in [5, 5.41) is 3.54. The summed E-state index contributed by atoms with van der Waals surface area (Å²) < 4.78 is 39.5. The Hall–Kier alpha value is -1.67. The molecule has 1 heterocycles. The summed E-state index contributed by atoms with van der Waals surface area (Å²) in [5.41, 5.74) is 1.08. The highest BCUT2D eigenvalue weighted by Gasteiger charge is 2.31. The van der Waals surface area contributed by atoms with Gasteiger partial charge in [0.05, 0.1) is 15.8 Å². The van der Waals surface area contributed by atoms with Crippen molar-refractivity contribution in [1.82, 2.24) is 4.31 Å². The van der Waals surface area contributed by atoms with E-state index in [0.717, 1.165) is 0 Å². The third kappa shape index (κ3) is 5.23. The lowest BCUT2D eigenvalue weighted by atomic mass is 9.97. The van der Waals surface area contributed by atoms with Crippen LogP contribution in [-0.2, 0) is 20.6 Å². The lowest BCUT2D eigenvalue weighted by Crippen LogP contribution is -2.41. The van der Waals surface area contributed by atoms with Crippen molar-refractivity contribution in [1.29, 1.82) is 0 Å². The van der Waals surface area contributed by atoms with Crippen LogP contribution < -0.4 is 5.32 Å². The molecule has 1 amide bonds. The van der Waals surface area contributed by atoms with E-state index in [2.05, 4.69) is 5.32 Å². The maximum absolute atomic E-state index is 13.0. The van der Waals surface area contributed by atoms with Crippen LogP contribution in [0.15, 0.2) is 42.5 Å². The molecule has 1 fully saturated rings. The zero-order valence-electron chi connectivity index (χ0n) is 14.9. The van der Waals surface area contributed by atoms with Gasteiger partial charge in [0.15, 0.2) is 0 Å². The molecular weight excluding hydrogens is 426 g/mol. The molecule has 28 heavy (non-hydrogen) atoms. The van der Waals surface area contributed by atoms with Crippen LogP contribution >= 0.6 is 23.2 Å². The number of carbonyl (C=O) groups is 1. The van der Waals surface area contributed by atoms with Crippen molar-refractivity contribution >= 4 is 44.8 Å². The number of hydrogen-bond acceptors (Lipinski definition) is 3. The van der Waals surface area contributed by atoms with Gasteiger partial charge >= 0.3 is 0 Å². The Balaban J connectivity index is 1.56. The first-order valence-electron chi connectivity index (χ1n) is 8.73. The van der Waals surface area contributed by atoms with Crippen molar-refractivity contribution < 1.29 is 17.6 Å². The minimum atomic E-state index is -3.52. The van der Waals surface area contributed by atoms with E-state index in [1.165, 1.54) is 28.6 Å². The maximum atomic E-state index is 13.0. The molecule has 1 saturated heterocycles. The monoisotopic (exact) mass is 444 g/mol. The second-order valence-electron chi connectivity index (χ2n) is 6.67. The lowest BCUT2D eigenvalue weighted by molar-refractivity contribution is -0.120. The molecule has 2 aromatic carbocycles. The quantitative estimate of drug-likeness (QED) is 0.746. The van der Waals surface area contributed by atoms with Crippen LogP contribution in [0.2, 0.25) is 10.0 Å². The summed E-state index contributed by atoms with van der Waals surface area (Å²) in [6.07, 6.45) is 0.853. The third-order valence-electron chi connectivity index (χ3n) is 4.67. The Labute approximate surface area is 173 Å². The number of piperidine rings is 1. The van der Waals surface area contributed by atoms with Crippen LogP contribution in [0.5, 0.6) is 0 Å². The predicted octanol–water partition coefficient (Wildman–Crippen LogP) is 4.31. The molecule has 0 spiro atoms. The molecule has 1 aliphatic heterocycles. The average molecular weight is 445 g/mol. The average Bonchev–Trinajstić information content (AvgIpc) is 2.66. The number of anilines is 1. The number of hydrogen-bond donors (Lipinski definition) is 1. The molecule has 1 N–H and O–H groups in total. The van der Waals surface area contributed by atoms with Crippen LogP contribution in [0, 0.1) is 11.7 Å². The number of nitrogens with one attached hydrogen (secondary N) is 1. The van der Waals surface area contributed by atoms with Gasteiger partial charge < -0.3 is 5.32 Å². The van der Waals surface area contributed by atoms with Gasteiger partial charge in [0.2, 0.25) is 15.9 Å². The Morgan fingerprint density at radius 2 is 1.71 bits per heavy atom. The van der Waals surface area contributed by atoms with Gasteiger partial charge in [-0.2, -0.15) is 0 Å². The molecule has 9 heteroatoms. The van der Waals surface area contributed by atoms with E-state index < -0.39 is 15.8 Å². The molecule has 1 aliphatic rings. The minimum absolute atomic E-state index is 0.172. The first-order chi connectivity index (χ1) is 13.2. The van der Waals surface area contributed by atoms with Gasteiger partial charge in [-0.05, 0) is 48.7 Å². The van der Waals surface area contributed by atoms with Gasteiger partial charge in [-0.3, -0.25) is 4.79 Å². The third-order valence-corrected chi connectivity index (χ3v) is 7.26. The molecule has 2 aromatic rings. The summed E-state index contributed by atoms with van der Waals surface area (Å²) in [6, 6.07) is 10.2.